The highest BCUT2D eigenvalue weighted by atomic mass is 16.6. The van der Waals surface area contributed by atoms with Gasteiger partial charge in [-0.2, -0.15) is 0 Å². The first-order valence-electron chi connectivity index (χ1n) is 15.2. The lowest BCUT2D eigenvalue weighted by atomic mass is 9.98. The molecule has 3 heterocycles. The predicted octanol–water partition coefficient (Wildman–Crippen LogP) is 4.11. The SMILES string of the molecule is C=CCN(C1OC1NCc1ccccc1)N1CC(=O)N2[C@@H](Cc3ccccc3)C(=O)N(Cc3cccc(C(C)C)c3)C[C@@H]21. The predicted molar refractivity (Wildman–Crippen MR) is 166 cm³/mol. The number of rotatable bonds is 12. The minimum absolute atomic E-state index is 0.00870. The molecule has 3 aromatic rings. The molecule has 2 amide bonds. The molecule has 3 fully saturated rings. The van der Waals surface area contributed by atoms with Crippen LogP contribution in [0.3, 0.4) is 0 Å². The summed E-state index contributed by atoms with van der Waals surface area (Å²) in [6.45, 7) is 10.7. The molecular formula is C35H41N5O3. The third kappa shape index (κ3) is 6.43. The first-order valence-corrected chi connectivity index (χ1v) is 15.2. The second kappa shape index (κ2) is 12.8. The molecule has 43 heavy (non-hydrogen) atoms. The van der Waals surface area contributed by atoms with E-state index in [1.54, 1.807) is 0 Å². The Labute approximate surface area is 254 Å². The third-order valence-corrected chi connectivity index (χ3v) is 8.59. The van der Waals surface area contributed by atoms with Crippen LogP contribution < -0.4 is 5.32 Å². The standard InChI is InChI=1S/C35H41N5O3/c1-4-18-38(35-33(43-35)36-21-27-14-9-6-10-15-27)39-24-32(41)40-30(20-26-12-7-5-8-13-26)34(42)37(23-31(39)40)22-28-16-11-17-29(19-28)25(2)3/h4-17,19,25,30-31,33,35-36H,1,18,20-24H2,2-3H3/t30-,31+,33?,35?/m0/s1. The molecule has 0 radical (unpaired) electrons. The number of epoxide rings is 1. The maximum atomic E-state index is 14.1. The van der Waals surface area contributed by atoms with Gasteiger partial charge in [-0.3, -0.25) is 14.9 Å². The number of fused-ring (bicyclic) bond motifs is 1. The maximum absolute atomic E-state index is 14.1. The zero-order valence-electron chi connectivity index (χ0n) is 25.0. The van der Waals surface area contributed by atoms with Crippen LogP contribution in [0.25, 0.3) is 0 Å². The van der Waals surface area contributed by atoms with Gasteiger partial charge in [0.15, 0.2) is 12.5 Å². The number of nitrogens with zero attached hydrogens (tertiary/aromatic N) is 4. The molecule has 3 saturated heterocycles. The highest BCUT2D eigenvalue weighted by Gasteiger charge is 2.55. The van der Waals surface area contributed by atoms with Crippen LogP contribution in [0.15, 0.2) is 97.6 Å². The molecule has 1 N–H and O–H groups in total. The van der Waals surface area contributed by atoms with Crippen molar-refractivity contribution < 1.29 is 14.3 Å². The highest BCUT2D eigenvalue weighted by molar-refractivity contribution is 5.91. The third-order valence-electron chi connectivity index (χ3n) is 8.59. The molecular weight excluding hydrogens is 538 g/mol. The number of amides is 2. The maximum Gasteiger partial charge on any atom is 0.246 e. The molecule has 0 bridgehead atoms. The molecule has 6 rings (SSSR count). The van der Waals surface area contributed by atoms with Gasteiger partial charge in [0, 0.05) is 26.1 Å². The first-order chi connectivity index (χ1) is 20.9. The number of nitrogens with one attached hydrogen (secondary N) is 1. The number of hydrazine groups is 1. The molecule has 2 unspecified atom stereocenters. The molecule has 0 spiro atoms. The van der Waals surface area contributed by atoms with Crippen molar-refractivity contribution in [2.75, 3.05) is 19.6 Å². The Bertz CT molecular complexity index is 1430. The molecule has 4 atom stereocenters. The Kier molecular flexibility index (Phi) is 8.72. The van der Waals surface area contributed by atoms with E-state index in [4.69, 9.17) is 4.74 Å². The van der Waals surface area contributed by atoms with Gasteiger partial charge in [0.25, 0.3) is 0 Å². The van der Waals surface area contributed by atoms with E-state index in [0.717, 1.165) is 11.1 Å². The first kappa shape index (κ1) is 29.3. The number of piperazine rings is 1. The van der Waals surface area contributed by atoms with E-state index in [9.17, 15) is 9.59 Å². The van der Waals surface area contributed by atoms with Crippen LogP contribution in [0.2, 0.25) is 0 Å². The second-order valence-electron chi connectivity index (χ2n) is 11.9. The van der Waals surface area contributed by atoms with E-state index in [0.29, 0.717) is 38.5 Å². The van der Waals surface area contributed by atoms with Crippen molar-refractivity contribution >= 4 is 11.8 Å². The molecule has 0 aromatic heterocycles. The van der Waals surface area contributed by atoms with E-state index in [2.05, 4.69) is 72.2 Å². The van der Waals surface area contributed by atoms with E-state index in [-0.39, 0.29) is 37.0 Å². The van der Waals surface area contributed by atoms with Gasteiger partial charge in [0.05, 0.1) is 13.1 Å². The summed E-state index contributed by atoms with van der Waals surface area (Å²) in [6, 6.07) is 28.1. The van der Waals surface area contributed by atoms with Crippen molar-refractivity contribution in [1.29, 1.82) is 0 Å². The summed E-state index contributed by atoms with van der Waals surface area (Å²) < 4.78 is 6.10. The monoisotopic (exact) mass is 579 g/mol. The summed E-state index contributed by atoms with van der Waals surface area (Å²) in [5.41, 5.74) is 4.56. The minimum Gasteiger partial charge on any atom is -0.335 e. The lowest BCUT2D eigenvalue weighted by Gasteiger charge is -2.46. The van der Waals surface area contributed by atoms with Gasteiger partial charge in [-0.05, 0) is 28.2 Å². The Morgan fingerprint density at radius 2 is 1.67 bits per heavy atom. The zero-order valence-corrected chi connectivity index (χ0v) is 25.0. The van der Waals surface area contributed by atoms with Gasteiger partial charge in [0.2, 0.25) is 11.8 Å². The van der Waals surface area contributed by atoms with Crippen molar-refractivity contribution in [1.82, 2.24) is 25.1 Å². The van der Waals surface area contributed by atoms with Crippen LogP contribution in [-0.2, 0) is 33.8 Å². The van der Waals surface area contributed by atoms with Crippen molar-refractivity contribution in [3.05, 3.63) is 120 Å². The number of hydrogen-bond donors (Lipinski definition) is 1. The summed E-state index contributed by atoms with van der Waals surface area (Å²) >= 11 is 0. The lowest BCUT2D eigenvalue weighted by molar-refractivity contribution is -0.161. The van der Waals surface area contributed by atoms with Crippen molar-refractivity contribution in [3.63, 3.8) is 0 Å². The number of carbonyl (C=O) groups is 2. The van der Waals surface area contributed by atoms with E-state index < -0.39 is 6.04 Å². The van der Waals surface area contributed by atoms with Crippen molar-refractivity contribution in [3.8, 4) is 0 Å². The Balaban J connectivity index is 1.25. The Morgan fingerprint density at radius 1 is 0.977 bits per heavy atom. The van der Waals surface area contributed by atoms with Gasteiger partial charge in [-0.1, -0.05) is 105 Å². The number of ether oxygens (including phenoxy) is 1. The van der Waals surface area contributed by atoms with Gasteiger partial charge in [-0.25, -0.2) is 10.0 Å². The molecule has 224 valence electrons. The largest absolute Gasteiger partial charge is 0.335 e. The van der Waals surface area contributed by atoms with Crippen molar-refractivity contribution in [2.24, 2.45) is 0 Å². The summed E-state index contributed by atoms with van der Waals surface area (Å²) in [6.07, 6.45) is 1.63. The van der Waals surface area contributed by atoms with Crippen LogP contribution in [0.5, 0.6) is 0 Å². The Morgan fingerprint density at radius 3 is 2.37 bits per heavy atom. The topological polar surface area (TPSA) is 71.7 Å². The fourth-order valence-electron chi connectivity index (χ4n) is 6.30. The molecule has 0 saturated carbocycles. The minimum atomic E-state index is -0.579. The summed E-state index contributed by atoms with van der Waals surface area (Å²) in [5, 5.41) is 7.69. The quantitative estimate of drug-likeness (QED) is 0.257. The van der Waals surface area contributed by atoms with Crippen LogP contribution >= 0.6 is 0 Å². The fraction of sp³-hybridized carbons (Fsp3) is 0.371. The molecule has 3 aliphatic heterocycles. The van der Waals surface area contributed by atoms with Gasteiger partial charge in [-0.15, -0.1) is 6.58 Å². The normalized spacial score (nSPS) is 23.7. The molecule has 3 aliphatic rings. The van der Waals surface area contributed by atoms with E-state index in [1.807, 2.05) is 64.4 Å². The summed E-state index contributed by atoms with van der Waals surface area (Å²) in [5.74, 6) is 0.352. The van der Waals surface area contributed by atoms with E-state index in [1.165, 1.54) is 11.1 Å². The molecule has 8 heteroatoms. The number of carbonyl (C=O) groups excluding carboxylic acids is 2. The Hall–Kier alpha value is -3.82. The zero-order chi connectivity index (χ0) is 29.9. The van der Waals surface area contributed by atoms with Crippen LogP contribution in [0, 0.1) is 0 Å². The molecule has 3 aromatic carbocycles. The molecule has 0 aliphatic carbocycles. The highest BCUT2D eigenvalue weighted by Crippen LogP contribution is 2.34. The number of benzene rings is 3. The van der Waals surface area contributed by atoms with Crippen molar-refractivity contribution in [2.45, 2.75) is 63.9 Å². The number of hydrogen-bond acceptors (Lipinski definition) is 6. The molecule has 8 nitrogen and oxygen atoms in total. The van der Waals surface area contributed by atoms with Gasteiger partial charge in [0.1, 0.15) is 12.2 Å². The van der Waals surface area contributed by atoms with Gasteiger partial charge >= 0.3 is 0 Å². The summed E-state index contributed by atoms with van der Waals surface area (Å²) in [7, 11) is 0. The summed E-state index contributed by atoms with van der Waals surface area (Å²) in [4.78, 5) is 31.6. The lowest BCUT2D eigenvalue weighted by Crippen LogP contribution is -2.65. The van der Waals surface area contributed by atoms with Crippen LogP contribution in [-0.4, -0.2) is 75.9 Å². The van der Waals surface area contributed by atoms with Gasteiger partial charge < -0.3 is 14.5 Å². The van der Waals surface area contributed by atoms with E-state index >= 15 is 0 Å². The average Bonchev–Trinajstić information content (AvgIpc) is 3.72. The average molecular weight is 580 g/mol. The smallest absolute Gasteiger partial charge is 0.246 e. The second-order valence-corrected chi connectivity index (χ2v) is 11.9. The fourth-order valence-corrected chi connectivity index (χ4v) is 6.30. The van der Waals surface area contributed by atoms with Crippen LogP contribution in [0.4, 0.5) is 0 Å². The van der Waals surface area contributed by atoms with Crippen LogP contribution in [0.1, 0.15) is 42.0 Å².